The summed E-state index contributed by atoms with van der Waals surface area (Å²) in [7, 11) is 0. The van der Waals surface area contributed by atoms with Gasteiger partial charge in [-0.1, -0.05) is 18.2 Å². The zero-order chi connectivity index (χ0) is 19.8. The summed E-state index contributed by atoms with van der Waals surface area (Å²) in [6.45, 7) is 4.21. The van der Waals surface area contributed by atoms with Crippen LogP contribution in [0.15, 0.2) is 72.4 Å². The van der Waals surface area contributed by atoms with E-state index in [-0.39, 0.29) is 0 Å². The first-order chi connectivity index (χ1) is 14.2. The Kier molecular flexibility index (Phi) is 4.37. The number of hydrogen-bond donors (Lipinski definition) is 1. The van der Waals surface area contributed by atoms with Crippen LogP contribution in [-0.4, -0.2) is 9.97 Å². The van der Waals surface area contributed by atoms with Gasteiger partial charge in [-0.25, -0.2) is 9.97 Å². The van der Waals surface area contributed by atoms with Gasteiger partial charge in [-0.3, -0.25) is 0 Å². The van der Waals surface area contributed by atoms with Gasteiger partial charge in [0.2, 0.25) is 0 Å². The van der Waals surface area contributed by atoms with Gasteiger partial charge in [-0.15, -0.1) is 11.3 Å². The molecular weight excluding hydrogens is 378 g/mol. The summed E-state index contributed by atoms with van der Waals surface area (Å²) in [4.78, 5) is 8.93. The van der Waals surface area contributed by atoms with Gasteiger partial charge < -0.3 is 10.1 Å². The van der Waals surface area contributed by atoms with Crippen molar-refractivity contribution in [2.75, 3.05) is 5.32 Å². The van der Waals surface area contributed by atoms with E-state index in [1.54, 1.807) is 17.7 Å². The molecule has 0 saturated heterocycles. The number of anilines is 2. The predicted molar refractivity (Wildman–Crippen MR) is 121 cm³/mol. The Balaban J connectivity index is 1.56. The monoisotopic (exact) mass is 397 g/mol. The Hall–Kier alpha value is -3.44. The average Bonchev–Trinajstić information content (AvgIpc) is 3.23. The predicted octanol–water partition coefficient (Wildman–Crippen LogP) is 7.00. The summed E-state index contributed by atoms with van der Waals surface area (Å²) < 4.78 is 7.21. The highest BCUT2D eigenvalue weighted by Gasteiger charge is 2.12. The number of hydrogen-bond acceptors (Lipinski definition) is 5. The zero-order valence-electron chi connectivity index (χ0n) is 16.1. The molecule has 2 aromatic heterocycles. The summed E-state index contributed by atoms with van der Waals surface area (Å²) >= 11 is 1.67. The van der Waals surface area contributed by atoms with Crippen LogP contribution in [0.2, 0.25) is 0 Å². The average molecular weight is 398 g/mol. The maximum absolute atomic E-state index is 6.11. The minimum Gasteiger partial charge on any atom is -0.456 e. The highest BCUT2D eigenvalue weighted by atomic mass is 32.1. The normalized spacial score (nSPS) is 11.1. The molecule has 0 unspecified atom stereocenters. The first-order valence-corrected chi connectivity index (χ1v) is 10.3. The Bertz CT molecular complexity index is 1330. The molecule has 0 aliphatic heterocycles. The summed E-state index contributed by atoms with van der Waals surface area (Å²) in [6.07, 6.45) is 1.61. The van der Waals surface area contributed by atoms with E-state index in [0.29, 0.717) is 0 Å². The molecule has 1 N–H and O–H groups in total. The molecule has 0 aliphatic carbocycles. The highest BCUT2D eigenvalue weighted by molar-refractivity contribution is 7.17. The molecule has 5 heteroatoms. The standard InChI is InChI=1S/C24H19N3OS/c1-15-12-19-21(13-16(15)2)25-14-26-24(19)27-20-8-9-22(23-18(20)10-11-29-23)28-17-6-4-3-5-7-17/h3-14H,1-2H3,(H,25,26,27). The van der Waals surface area contributed by atoms with Gasteiger partial charge in [0.1, 0.15) is 23.6 Å². The van der Waals surface area contributed by atoms with Gasteiger partial charge in [0.05, 0.1) is 10.2 Å². The molecule has 0 aliphatic rings. The molecule has 29 heavy (non-hydrogen) atoms. The second-order valence-electron chi connectivity index (χ2n) is 6.99. The number of benzene rings is 3. The summed E-state index contributed by atoms with van der Waals surface area (Å²) in [6, 6.07) is 20.3. The summed E-state index contributed by atoms with van der Waals surface area (Å²) in [5.74, 6) is 2.49. The Morgan fingerprint density at radius 2 is 1.69 bits per heavy atom. The quantitative estimate of drug-likeness (QED) is 0.355. The fourth-order valence-electron chi connectivity index (χ4n) is 3.38. The molecule has 0 amide bonds. The molecule has 2 heterocycles. The Morgan fingerprint density at radius 3 is 2.55 bits per heavy atom. The van der Waals surface area contributed by atoms with Crippen molar-refractivity contribution in [3.63, 3.8) is 0 Å². The SMILES string of the molecule is Cc1cc2ncnc(Nc3ccc(Oc4ccccc4)c4sccc34)c2cc1C. The number of aromatic nitrogens is 2. The largest absolute Gasteiger partial charge is 0.456 e. The molecular formula is C24H19N3OS. The minimum atomic E-state index is 0.808. The molecule has 0 saturated carbocycles. The van der Waals surface area contributed by atoms with Crippen LogP contribution >= 0.6 is 11.3 Å². The van der Waals surface area contributed by atoms with Gasteiger partial charge in [0, 0.05) is 16.5 Å². The van der Waals surface area contributed by atoms with Crippen LogP contribution in [0, 0.1) is 13.8 Å². The second-order valence-corrected chi connectivity index (χ2v) is 7.91. The molecule has 3 aromatic carbocycles. The van der Waals surface area contributed by atoms with Crippen molar-refractivity contribution < 1.29 is 4.74 Å². The third-order valence-electron chi connectivity index (χ3n) is 5.06. The van der Waals surface area contributed by atoms with E-state index < -0.39 is 0 Å². The van der Waals surface area contributed by atoms with E-state index in [2.05, 4.69) is 52.7 Å². The maximum Gasteiger partial charge on any atom is 0.145 e. The Morgan fingerprint density at radius 1 is 0.862 bits per heavy atom. The molecule has 142 valence electrons. The molecule has 4 nitrogen and oxygen atoms in total. The highest BCUT2D eigenvalue weighted by Crippen LogP contribution is 2.39. The fraction of sp³-hybridized carbons (Fsp3) is 0.0833. The molecule has 0 spiro atoms. The lowest BCUT2D eigenvalue weighted by molar-refractivity contribution is 0.489. The molecule has 0 atom stereocenters. The molecule has 0 bridgehead atoms. The van der Waals surface area contributed by atoms with Crippen LogP contribution in [0.25, 0.3) is 21.0 Å². The number of ether oxygens (including phenoxy) is 1. The van der Waals surface area contributed by atoms with Gasteiger partial charge >= 0.3 is 0 Å². The van der Waals surface area contributed by atoms with Crippen LogP contribution in [0.3, 0.4) is 0 Å². The summed E-state index contributed by atoms with van der Waals surface area (Å²) in [5, 5.41) is 7.72. The Labute approximate surface area is 172 Å². The van der Waals surface area contributed by atoms with Gasteiger partial charge in [0.25, 0.3) is 0 Å². The van der Waals surface area contributed by atoms with E-state index in [9.17, 15) is 0 Å². The fourth-order valence-corrected chi connectivity index (χ4v) is 4.26. The number of fused-ring (bicyclic) bond motifs is 2. The third-order valence-corrected chi connectivity index (χ3v) is 5.98. The lowest BCUT2D eigenvalue weighted by atomic mass is 10.1. The first kappa shape index (κ1) is 17.6. The molecule has 0 radical (unpaired) electrons. The van der Waals surface area contributed by atoms with E-state index >= 15 is 0 Å². The van der Waals surface area contributed by atoms with Gasteiger partial charge in [0.15, 0.2) is 0 Å². The topological polar surface area (TPSA) is 47.0 Å². The van der Waals surface area contributed by atoms with Crippen LogP contribution in [0.5, 0.6) is 11.5 Å². The van der Waals surface area contributed by atoms with E-state index in [4.69, 9.17) is 4.74 Å². The number of para-hydroxylation sites is 1. The number of thiophene rings is 1. The third kappa shape index (κ3) is 3.30. The van der Waals surface area contributed by atoms with Crippen molar-refractivity contribution in [3.8, 4) is 11.5 Å². The van der Waals surface area contributed by atoms with Crippen molar-refractivity contribution in [1.82, 2.24) is 9.97 Å². The van der Waals surface area contributed by atoms with Crippen LogP contribution in [-0.2, 0) is 0 Å². The van der Waals surface area contributed by atoms with Gasteiger partial charge in [-0.2, -0.15) is 0 Å². The zero-order valence-corrected chi connectivity index (χ0v) is 17.0. The first-order valence-electron chi connectivity index (χ1n) is 9.41. The van der Waals surface area contributed by atoms with E-state index in [1.807, 2.05) is 42.5 Å². The maximum atomic E-state index is 6.11. The van der Waals surface area contributed by atoms with Crippen molar-refractivity contribution in [2.45, 2.75) is 13.8 Å². The van der Waals surface area contributed by atoms with Crippen molar-refractivity contribution in [2.24, 2.45) is 0 Å². The number of nitrogens with zero attached hydrogens (tertiary/aromatic N) is 2. The number of nitrogens with one attached hydrogen (secondary N) is 1. The minimum absolute atomic E-state index is 0.808. The smallest absolute Gasteiger partial charge is 0.145 e. The molecule has 0 fully saturated rings. The van der Waals surface area contributed by atoms with Crippen LogP contribution < -0.4 is 10.1 Å². The van der Waals surface area contributed by atoms with E-state index in [1.165, 1.54) is 11.1 Å². The van der Waals surface area contributed by atoms with Crippen molar-refractivity contribution in [1.29, 1.82) is 0 Å². The molecule has 5 rings (SSSR count). The molecule has 5 aromatic rings. The van der Waals surface area contributed by atoms with Crippen molar-refractivity contribution >= 4 is 43.8 Å². The van der Waals surface area contributed by atoms with Gasteiger partial charge in [-0.05, 0) is 72.8 Å². The van der Waals surface area contributed by atoms with Crippen molar-refractivity contribution in [3.05, 3.63) is 83.5 Å². The second kappa shape index (κ2) is 7.18. The van der Waals surface area contributed by atoms with Crippen LogP contribution in [0.4, 0.5) is 11.5 Å². The summed E-state index contributed by atoms with van der Waals surface area (Å²) in [5.41, 5.74) is 4.39. The number of rotatable bonds is 4. The number of aryl methyl sites for hydroxylation is 2. The van der Waals surface area contributed by atoms with E-state index in [0.717, 1.165) is 44.0 Å². The lowest BCUT2D eigenvalue weighted by Gasteiger charge is -2.13. The lowest BCUT2D eigenvalue weighted by Crippen LogP contribution is -1.97. The van der Waals surface area contributed by atoms with Crippen LogP contribution in [0.1, 0.15) is 11.1 Å².